The van der Waals surface area contributed by atoms with Crippen LogP contribution < -0.4 is 0 Å². The lowest BCUT2D eigenvalue weighted by atomic mass is 10.1. The van der Waals surface area contributed by atoms with Crippen molar-refractivity contribution in [2.24, 2.45) is 5.92 Å². The Balaban J connectivity index is 1.73. The molecule has 0 saturated carbocycles. The number of rotatable bonds is 4. The van der Waals surface area contributed by atoms with Crippen LogP contribution in [0.5, 0.6) is 0 Å². The van der Waals surface area contributed by atoms with Crippen molar-refractivity contribution in [1.82, 2.24) is 24.7 Å². The molecule has 0 amide bonds. The van der Waals surface area contributed by atoms with E-state index < -0.39 is 9.84 Å². The number of nitrogens with zero attached hydrogens (tertiary/aromatic N) is 5. The van der Waals surface area contributed by atoms with Crippen LogP contribution in [0, 0.1) is 12.8 Å². The predicted molar refractivity (Wildman–Crippen MR) is 95.1 cm³/mol. The summed E-state index contributed by atoms with van der Waals surface area (Å²) in [4.78, 5) is 13.4. The maximum atomic E-state index is 11.7. The van der Waals surface area contributed by atoms with E-state index in [1.54, 1.807) is 17.0 Å². The number of aryl methyl sites for hydroxylation is 1. The summed E-state index contributed by atoms with van der Waals surface area (Å²) in [5, 5.41) is 8.69. The third-order valence-corrected chi connectivity index (χ3v) is 6.08. The van der Waals surface area contributed by atoms with Crippen molar-refractivity contribution in [1.29, 1.82) is 0 Å². The highest BCUT2D eigenvalue weighted by molar-refractivity contribution is 7.94. The van der Waals surface area contributed by atoms with E-state index in [4.69, 9.17) is 0 Å². The molecule has 0 spiro atoms. The third-order valence-electron chi connectivity index (χ3n) is 3.84. The highest BCUT2D eigenvalue weighted by atomic mass is 32.2. The van der Waals surface area contributed by atoms with E-state index >= 15 is 0 Å². The van der Waals surface area contributed by atoms with E-state index in [9.17, 15) is 8.42 Å². The maximum absolute atomic E-state index is 11.7. The first-order valence-electron chi connectivity index (χ1n) is 7.71. The first-order valence-corrected chi connectivity index (χ1v) is 10.3. The molecule has 0 aliphatic carbocycles. The molecule has 4 rings (SSSR count). The van der Waals surface area contributed by atoms with Crippen molar-refractivity contribution < 1.29 is 8.42 Å². The lowest BCUT2D eigenvalue weighted by molar-refractivity contribution is 0.593. The number of aromatic nitrogens is 5. The SMILES string of the molecule is Cc1nc(-c2nc(C[C@@H]3C=CS(=O)(=O)C3)n(-c3ccccn3)n2)cs1. The fourth-order valence-electron chi connectivity index (χ4n) is 2.72. The molecule has 0 fully saturated rings. The van der Waals surface area contributed by atoms with Crippen LogP contribution in [0.4, 0.5) is 0 Å². The lowest BCUT2D eigenvalue weighted by Crippen LogP contribution is -2.13. The molecular weight excluding hydrogens is 358 g/mol. The monoisotopic (exact) mass is 373 g/mol. The number of pyridine rings is 1. The first kappa shape index (κ1) is 16.1. The van der Waals surface area contributed by atoms with Gasteiger partial charge in [-0.15, -0.1) is 16.4 Å². The molecule has 3 aromatic heterocycles. The summed E-state index contributed by atoms with van der Waals surface area (Å²) in [5.74, 6) is 1.84. The zero-order valence-corrected chi connectivity index (χ0v) is 15.0. The Kier molecular flexibility index (Phi) is 3.97. The molecule has 1 aliphatic rings. The van der Waals surface area contributed by atoms with Crippen molar-refractivity contribution in [3.63, 3.8) is 0 Å². The van der Waals surface area contributed by atoms with Crippen molar-refractivity contribution in [2.75, 3.05) is 5.75 Å². The molecule has 0 saturated heterocycles. The van der Waals surface area contributed by atoms with Gasteiger partial charge in [0.15, 0.2) is 15.7 Å². The first-order chi connectivity index (χ1) is 12.0. The molecule has 1 aliphatic heterocycles. The number of hydrogen-bond donors (Lipinski definition) is 0. The molecule has 0 N–H and O–H groups in total. The highest BCUT2D eigenvalue weighted by Crippen LogP contribution is 2.24. The molecule has 4 heterocycles. The van der Waals surface area contributed by atoms with E-state index in [1.807, 2.05) is 30.5 Å². The Morgan fingerprint density at radius 1 is 1.32 bits per heavy atom. The van der Waals surface area contributed by atoms with E-state index in [0.717, 1.165) is 5.01 Å². The number of thiazole rings is 1. The molecule has 9 heteroatoms. The van der Waals surface area contributed by atoms with Gasteiger partial charge in [-0.25, -0.2) is 23.4 Å². The van der Waals surface area contributed by atoms with Gasteiger partial charge in [0.1, 0.15) is 11.5 Å². The normalized spacial score (nSPS) is 18.7. The van der Waals surface area contributed by atoms with Crippen LogP contribution >= 0.6 is 11.3 Å². The summed E-state index contributed by atoms with van der Waals surface area (Å²) in [5.41, 5.74) is 0.716. The smallest absolute Gasteiger partial charge is 0.201 e. The largest absolute Gasteiger partial charge is 0.238 e. The molecule has 7 nitrogen and oxygen atoms in total. The van der Waals surface area contributed by atoms with E-state index in [2.05, 4.69) is 20.1 Å². The van der Waals surface area contributed by atoms with Gasteiger partial charge >= 0.3 is 0 Å². The fourth-order valence-corrected chi connectivity index (χ4v) is 4.71. The fraction of sp³-hybridized carbons (Fsp3) is 0.250. The predicted octanol–water partition coefficient (Wildman–Crippen LogP) is 2.20. The standard InChI is InChI=1S/C16H15N5O2S2/c1-11-18-13(9-24-11)16-19-15(8-12-5-7-25(22,23)10-12)21(20-16)14-4-2-3-6-17-14/h2-7,9,12H,8,10H2,1H3/t12-/m0/s1. The molecule has 0 aromatic carbocycles. The second-order valence-electron chi connectivity index (χ2n) is 5.83. The minimum absolute atomic E-state index is 0.104. The average Bonchev–Trinajstić information content (AvgIpc) is 3.27. The van der Waals surface area contributed by atoms with Gasteiger partial charge in [-0.3, -0.25) is 0 Å². The summed E-state index contributed by atoms with van der Waals surface area (Å²) >= 11 is 1.54. The molecule has 0 bridgehead atoms. The summed E-state index contributed by atoms with van der Waals surface area (Å²) < 4.78 is 25.0. The van der Waals surface area contributed by atoms with Gasteiger partial charge in [0, 0.05) is 23.4 Å². The second-order valence-corrected chi connectivity index (χ2v) is 8.82. The molecule has 1 atom stereocenters. The van der Waals surface area contributed by atoms with Crippen LogP contribution in [0.25, 0.3) is 17.3 Å². The van der Waals surface area contributed by atoms with Gasteiger partial charge in [0.05, 0.1) is 10.8 Å². The third kappa shape index (κ3) is 3.38. The van der Waals surface area contributed by atoms with E-state index in [0.29, 0.717) is 29.6 Å². The summed E-state index contributed by atoms with van der Waals surface area (Å²) in [6, 6.07) is 5.55. The highest BCUT2D eigenvalue weighted by Gasteiger charge is 2.25. The molecule has 128 valence electrons. The topological polar surface area (TPSA) is 90.6 Å². The van der Waals surface area contributed by atoms with Crippen LogP contribution in [0.2, 0.25) is 0 Å². The zero-order valence-electron chi connectivity index (χ0n) is 13.4. The van der Waals surface area contributed by atoms with Crippen LogP contribution in [-0.4, -0.2) is 38.9 Å². The zero-order chi connectivity index (χ0) is 17.4. The quantitative estimate of drug-likeness (QED) is 0.696. The van der Waals surface area contributed by atoms with Crippen LogP contribution in [-0.2, 0) is 16.3 Å². The average molecular weight is 373 g/mol. The minimum Gasteiger partial charge on any atom is -0.238 e. The Morgan fingerprint density at radius 3 is 2.84 bits per heavy atom. The Bertz CT molecular complexity index is 1040. The molecule has 0 unspecified atom stereocenters. The van der Waals surface area contributed by atoms with Gasteiger partial charge in [0.2, 0.25) is 5.82 Å². The van der Waals surface area contributed by atoms with Crippen molar-refractivity contribution in [2.45, 2.75) is 13.3 Å². The van der Waals surface area contributed by atoms with Crippen molar-refractivity contribution in [3.8, 4) is 17.3 Å². The van der Waals surface area contributed by atoms with Gasteiger partial charge in [-0.2, -0.15) is 4.68 Å². The Morgan fingerprint density at radius 2 is 2.20 bits per heavy atom. The number of allylic oxidation sites excluding steroid dienone is 1. The van der Waals surface area contributed by atoms with Gasteiger partial charge < -0.3 is 0 Å². The van der Waals surface area contributed by atoms with Gasteiger partial charge in [-0.1, -0.05) is 12.1 Å². The van der Waals surface area contributed by atoms with Crippen LogP contribution in [0.1, 0.15) is 10.8 Å². The lowest BCUT2D eigenvalue weighted by Gasteiger charge is -2.07. The Hall–Kier alpha value is -2.39. The molecule has 0 radical (unpaired) electrons. The molecule has 3 aromatic rings. The second kappa shape index (κ2) is 6.16. The van der Waals surface area contributed by atoms with E-state index in [1.165, 1.54) is 16.7 Å². The summed E-state index contributed by atoms with van der Waals surface area (Å²) in [6.07, 6.45) is 3.88. The summed E-state index contributed by atoms with van der Waals surface area (Å²) in [7, 11) is -3.10. The number of hydrogen-bond acceptors (Lipinski definition) is 7. The van der Waals surface area contributed by atoms with Crippen LogP contribution in [0.15, 0.2) is 41.3 Å². The van der Waals surface area contributed by atoms with Crippen molar-refractivity contribution in [3.05, 3.63) is 52.1 Å². The van der Waals surface area contributed by atoms with Gasteiger partial charge in [0.25, 0.3) is 0 Å². The van der Waals surface area contributed by atoms with Crippen molar-refractivity contribution >= 4 is 21.2 Å². The van der Waals surface area contributed by atoms with E-state index in [-0.39, 0.29) is 11.7 Å². The van der Waals surface area contributed by atoms with Crippen LogP contribution in [0.3, 0.4) is 0 Å². The molecular formula is C16H15N5O2S2. The maximum Gasteiger partial charge on any atom is 0.201 e. The Labute approximate surface area is 149 Å². The van der Waals surface area contributed by atoms with Gasteiger partial charge in [-0.05, 0) is 25.0 Å². The number of sulfone groups is 1. The molecule has 25 heavy (non-hydrogen) atoms. The minimum atomic E-state index is -3.10. The summed E-state index contributed by atoms with van der Waals surface area (Å²) in [6.45, 7) is 1.93.